The molecule has 0 aliphatic rings. The predicted octanol–water partition coefficient (Wildman–Crippen LogP) is 4.18. The summed E-state index contributed by atoms with van der Waals surface area (Å²) in [6, 6.07) is 5.81. The molecule has 0 unspecified atom stereocenters. The van der Waals surface area contributed by atoms with Gasteiger partial charge in [0.25, 0.3) is 0 Å². The van der Waals surface area contributed by atoms with Crippen molar-refractivity contribution in [1.82, 2.24) is 0 Å². The van der Waals surface area contributed by atoms with E-state index in [0.717, 1.165) is 35.7 Å². The first-order valence-corrected chi connectivity index (χ1v) is 6.46. The minimum Gasteiger partial charge on any atom is -0.493 e. The van der Waals surface area contributed by atoms with E-state index in [0.29, 0.717) is 6.61 Å². The van der Waals surface area contributed by atoms with Gasteiger partial charge in [0.1, 0.15) is 5.75 Å². The largest absolute Gasteiger partial charge is 0.493 e. The van der Waals surface area contributed by atoms with Crippen LogP contribution < -0.4 is 10.5 Å². The van der Waals surface area contributed by atoms with Gasteiger partial charge in [-0.1, -0.05) is 32.4 Å². The van der Waals surface area contributed by atoms with Crippen LogP contribution in [0.3, 0.4) is 0 Å². The molecule has 1 rings (SSSR count). The van der Waals surface area contributed by atoms with Crippen molar-refractivity contribution in [3.8, 4) is 5.75 Å². The van der Waals surface area contributed by atoms with E-state index in [2.05, 4.69) is 20.8 Å². The number of halogens is 2. The van der Waals surface area contributed by atoms with Crippen molar-refractivity contribution in [2.24, 2.45) is 5.73 Å². The lowest BCUT2D eigenvalue weighted by Crippen LogP contribution is -2.14. The fourth-order valence-electron chi connectivity index (χ4n) is 1.64. The van der Waals surface area contributed by atoms with Gasteiger partial charge < -0.3 is 10.5 Å². The maximum Gasteiger partial charge on any atom is 0.123 e. The average Bonchev–Trinajstić information content (AvgIpc) is 2.25. The van der Waals surface area contributed by atoms with Gasteiger partial charge in [-0.3, -0.25) is 0 Å². The molecule has 1 aromatic rings. The highest BCUT2D eigenvalue weighted by atomic mass is 35.5. The molecule has 0 saturated heterocycles. The highest BCUT2D eigenvalue weighted by Crippen LogP contribution is 2.33. The SMILES string of the molecule is CC(C)(C)c1cc(Cl)ccc1OCCCCN.Cl. The van der Waals surface area contributed by atoms with E-state index in [-0.39, 0.29) is 17.8 Å². The molecule has 0 aliphatic heterocycles. The molecule has 104 valence electrons. The number of hydrogen-bond donors (Lipinski definition) is 1. The highest BCUT2D eigenvalue weighted by Gasteiger charge is 2.19. The van der Waals surface area contributed by atoms with Crippen molar-refractivity contribution in [2.45, 2.75) is 39.0 Å². The Morgan fingerprint density at radius 1 is 1.22 bits per heavy atom. The lowest BCUT2D eigenvalue weighted by molar-refractivity contribution is 0.300. The van der Waals surface area contributed by atoms with Crippen LogP contribution in [-0.2, 0) is 5.41 Å². The van der Waals surface area contributed by atoms with Crippen LogP contribution in [0, 0.1) is 0 Å². The maximum absolute atomic E-state index is 6.03. The van der Waals surface area contributed by atoms with Crippen molar-refractivity contribution in [1.29, 1.82) is 0 Å². The molecule has 2 nitrogen and oxygen atoms in total. The molecule has 18 heavy (non-hydrogen) atoms. The molecular formula is C14H23Cl2NO. The first-order valence-electron chi connectivity index (χ1n) is 6.08. The fourth-order valence-corrected chi connectivity index (χ4v) is 1.81. The van der Waals surface area contributed by atoms with Crippen LogP contribution in [-0.4, -0.2) is 13.2 Å². The molecule has 0 radical (unpaired) electrons. The smallest absolute Gasteiger partial charge is 0.123 e. The Labute approximate surface area is 121 Å². The van der Waals surface area contributed by atoms with Gasteiger partial charge in [-0.25, -0.2) is 0 Å². The lowest BCUT2D eigenvalue weighted by Gasteiger charge is -2.23. The van der Waals surface area contributed by atoms with E-state index >= 15 is 0 Å². The minimum atomic E-state index is 0. The molecule has 0 spiro atoms. The minimum absolute atomic E-state index is 0. The fraction of sp³-hybridized carbons (Fsp3) is 0.571. The summed E-state index contributed by atoms with van der Waals surface area (Å²) in [6.07, 6.45) is 1.99. The van der Waals surface area contributed by atoms with E-state index in [1.807, 2.05) is 18.2 Å². The number of ether oxygens (including phenoxy) is 1. The maximum atomic E-state index is 6.03. The van der Waals surface area contributed by atoms with E-state index in [1.165, 1.54) is 0 Å². The summed E-state index contributed by atoms with van der Waals surface area (Å²) < 4.78 is 5.81. The standard InChI is InChI=1S/C14H22ClNO.ClH/c1-14(2,3)12-10-11(15)6-7-13(12)17-9-5-4-8-16;/h6-7,10H,4-5,8-9,16H2,1-3H3;1H. The Bertz CT molecular complexity index is 361. The Kier molecular flexibility index (Phi) is 7.69. The molecule has 0 atom stereocenters. The van der Waals surface area contributed by atoms with Gasteiger partial charge in [0.15, 0.2) is 0 Å². The van der Waals surface area contributed by atoms with Crippen LogP contribution in [0.25, 0.3) is 0 Å². The Hall–Kier alpha value is -0.440. The third-order valence-corrected chi connectivity index (χ3v) is 2.84. The summed E-state index contributed by atoms with van der Waals surface area (Å²) >= 11 is 6.03. The first kappa shape index (κ1) is 17.6. The molecular weight excluding hydrogens is 269 g/mol. The summed E-state index contributed by atoms with van der Waals surface area (Å²) in [7, 11) is 0. The first-order chi connectivity index (χ1) is 7.95. The van der Waals surface area contributed by atoms with Crippen molar-refractivity contribution < 1.29 is 4.74 Å². The summed E-state index contributed by atoms with van der Waals surface area (Å²) in [4.78, 5) is 0. The summed E-state index contributed by atoms with van der Waals surface area (Å²) in [5.41, 5.74) is 6.64. The second kappa shape index (κ2) is 7.88. The number of benzene rings is 1. The van der Waals surface area contributed by atoms with Gasteiger partial charge >= 0.3 is 0 Å². The second-order valence-corrected chi connectivity index (χ2v) is 5.67. The van der Waals surface area contributed by atoms with E-state index in [1.54, 1.807) is 0 Å². The van der Waals surface area contributed by atoms with Crippen LogP contribution in [0.4, 0.5) is 0 Å². The van der Waals surface area contributed by atoms with Crippen LogP contribution in [0.1, 0.15) is 39.2 Å². The van der Waals surface area contributed by atoms with Gasteiger partial charge in [0.05, 0.1) is 6.61 Å². The summed E-state index contributed by atoms with van der Waals surface area (Å²) in [5.74, 6) is 0.930. The summed E-state index contributed by atoms with van der Waals surface area (Å²) in [6.45, 7) is 7.90. The highest BCUT2D eigenvalue weighted by molar-refractivity contribution is 6.30. The number of rotatable bonds is 5. The second-order valence-electron chi connectivity index (χ2n) is 5.23. The van der Waals surface area contributed by atoms with Crippen LogP contribution in [0.5, 0.6) is 5.75 Å². The quantitative estimate of drug-likeness (QED) is 0.826. The van der Waals surface area contributed by atoms with Gasteiger partial charge in [0, 0.05) is 10.6 Å². The topological polar surface area (TPSA) is 35.2 Å². The Balaban J connectivity index is 0.00000289. The molecule has 0 aliphatic carbocycles. The zero-order valence-corrected chi connectivity index (χ0v) is 12.9. The van der Waals surface area contributed by atoms with Gasteiger partial charge in [-0.05, 0) is 43.0 Å². The molecule has 0 fully saturated rings. The predicted molar refractivity (Wildman–Crippen MR) is 81.2 cm³/mol. The van der Waals surface area contributed by atoms with Crippen LogP contribution in [0.2, 0.25) is 5.02 Å². The molecule has 1 aromatic carbocycles. The van der Waals surface area contributed by atoms with Crippen molar-refractivity contribution in [3.05, 3.63) is 28.8 Å². The number of hydrogen-bond acceptors (Lipinski definition) is 2. The number of unbranched alkanes of at least 4 members (excludes halogenated alkanes) is 1. The molecule has 0 aromatic heterocycles. The normalized spacial score (nSPS) is 10.9. The molecule has 0 saturated carbocycles. The van der Waals surface area contributed by atoms with E-state index < -0.39 is 0 Å². The zero-order chi connectivity index (χ0) is 12.9. The van der Waals surface area contributed by atoms with E-state index in [9.17, 15) is 0 Å². The van der Waals surface area contributed by atoms with E-state index in [4.69, 9.17) is 22.1 Å². The molecule has 0 bridgehead atoms. The monoisotopic (exact) mass is 291 g/mol. The zero-order valence-electron chi connectivity index (χ0n) is 11.3. The van der Waals surface area contributed by atoms with Crippen LogP contribution in [0.15, 0.2) is 18.2 Å². The average molecular weight is 292 g/mol. The van der Waals surface area contributed by atoms with Crippen LogP contribution >= 0.6 is 24.0 Å². The lowest BCUT2D eigenvalue weighted by atomic mass is 9.86. The van der Waals surface area contributed by atoms with Gasteiger partial charge in [0.2, 0.25) is 0 Å². The number of nitrogens with two attached hydrogens (primary N) is 1. The summed E-state index contributed by atoms with van der Waals surface area (Å²) in [5, 5.41) is 0.754. The third-order valence-electron chi connectivity index (χ3n) is 2.61. The molecule has 2 N–H and O–H groups in total. The van der Waals surface area contributed by atoms with Crippen molar-refractivity contribution in [2.75, 3.05) is 13.2 Å². The Morgan fingerprint density at radius 3 is 2.44 bits per heavy atom. The van der Waals surface area contributed by atoms with Gasteiger partial charge in [-0.2, -0.15) is 0 Å². The van der Waals surface area contributed by atoms with Crippen molar-refractivity contribution in [3.63, 3.8) is 0 Å². The van der Waals surface area contributed by atoms with Gasteiger partial charge in [-0.15, -0.1) is 12.4 Å². The molecule has 4 heteroatoms. The van der Waals surface area contributed by atoms with Crippen molar-refractivity contribution >= 4 is 24.0 Å². The third kappa shape index (κ3) is 5.47. The molecule has 0 heterocycles. The Morgan fingerprint density at radius 2 is 1.89 bits per heavy atom. The molecule has 0 amide bonds.